The van der Waals surface area contributed by atoms with E-state index in [1.807, 2.05) is 38.1 Å². The number of benzene rings is 2. The summed E-state index contributed by atoms with van der Waals surface area (Å²) in [5, 5.41) is 8.38. The third kappa shape index (κ3) is 4.23. The molecule has 6 heteroatoms. The molecule has 0 unspecified atom stereocenters. The highest BCUT2D eigenvalue weighted by Crippen LogP contribution is 2.19. The van der Waals surface area contributed by atoms with Gasteiger partial charge in [0.05, 0.1) is 5.52 Å². The van der Waals surface area contributed by atoms with Crippen LogP contribution in [0.5, 0.6) is 0 Å². The van der Waals surface area contributed by atoms with Crippen LogP contribution in [-0.4, -0.2) is 16.6 Å². The molecule has 4 nitrogen and oxygen atoms in total. The largest absolute Gasteiger partial charge is 0.362 e. The average Bonchev–Trinajstić information content (AvgIpc) is 2.59. The zero-order valence-corrected chi connectivity index (χ0v) is 16.2. The Morgan fingerprint density at radius 3 is 2.77 bits per heavy atom. The molecule has 0 radical (unpaired) electrons. The van der Waals surface area contributed by atoms with Crippen LogP contribution in [-0.2, 0) is 6.42 Å². The zero-order chi connectivity index (χ0) is 18.7. The average molecular weight is 386 g/mol. The quantitative estimate of drug-likeness (QED) is 0.585. The van der Waals surface area contributed by atoms with Gasteiger partial charge >= 0.3 is 0 Å². The van der Waals surface area contributed by atoms with Crippen molar-refractivity contribution in [2.45, 2.75) is 20.3 Å². The van der Waals surface area contributed by atoms with Gasteiger partial charge in [0.25, 0.3) is 5.56 Å². The van der Waals surface area contributed by atoms with E-state index in [2.05, 4.69) is 21.7 Å². The topological polar surface area (TPSA) is 56.9 Å². The first kappa shape index (κ1) is 18.4. The molecule has 0 fully saturated rings. The molecule has 0 saturated carbocycles. The molecule has 26 heavy (non-hydrogen) atoms. The molecule has 0 bridgehead atoms. The van der Waals surface area contributed by atoms with Gasteiger partial charge in [-0.1, -0.05) is 29.8 Å². The van der Waals surface area contributed by atoms with E-state index in [4.69, 9.17) is 23.8 Å². The van der Waals surface area contributed by atoms with E-state index in [1.165, 1.54) is 5.56 Å². The molecule has 0 aliphatic rings. The molecular formula is C20H20ClN3OS. The van der Waals surface area contributed by atoms with Crippen molar-refractivity contribution in [3.63, 3.8) is 0 Å². The number of aryl methyl sites for hydroxylation is 2. The van der Waals surface area contributed by atoms with Crippen LogP contribution in [0.2, 0.25) is 5.02 Å². The van der Waals surface area contributed by atoms with Gasteiger partial charge in [-0.15, -0.1) is 0 Å². The number of aromatic amines is 1. The Morgan fingerprint density at radius 2 is 2.00 bits per heavy atom. The fraction of sp³-hybridized carbons (Fsp3) is 0.200. The number of thiocarbonyl (C=S) groups is 1. The summed E-state index contributed by atoms with van der Waals surface area (Å²) in [6.07, 6.45) is 0.579. The Hall–Kier alpha value is -2.37. The van der Waals surface area contributed by atoms with Crippen LogP contribution >= 0.6 is 23.8 Å². The second-order valence-corrected chi connectivity index (χ2v) is 7.08. The van der Waals surface area contributed by atoms with Gasteiger partial charge < -0.3 is 15.6 Å². The van der Waals surface area contributed by atoms with Crippen molar-refractivity contribution in [2.75, 3.05) is 11.9 Å². The molecule has 0 saturated heterocycles. The number of aromatic nitrogens is 1. The number of anilines is 1. The van der Waals surface area contributed by atoms with Crippen molar-refractivity contribution in [3.05, 3.63) is 74.5 Å². The van der Waals surface area contributed by atoms with Crippen molar-refractivity contribution < 1.29 is 0 Å². The molecule has 0 aliphatic heterocycles. The molecule has 3 rings (SSSR count). The van der Waals surface area contributed by atoms with Crippen LogP contribution in [0.25, 0.3) is 10.9 Å². The Morgan fingerprint density at radius 1 is 1.19 bits per heavy atom. The van der Waals surface area contributed by atoms with Crippen molar-refractivity contribution in [3.8, 4) is 0 Å². The molecule has 1 aromatic heterocycles. The molecule has 3 aromatic rings. The number of halogens is 1. The lowest BCUT2D eigenvalue weighted by atomic mass is 10.0. The van der Waals surface area contributed by atoms with Gasteiger partial charge in [-0.2, -0.15) is 0 Å². The predicted molar refractivity (Wildman–Crippen MR) is 113 cm³/mol. The molecule has 3 N–H and O–H groups in total. The fourth-order valence-electron chi connectivity index (χ4n) is 2.81. The minimum atomic E-state index is -0.0540. The maximum absolute atomic E-state index is 12.4. The first-order chi connectivity index (χ1) is 12.4. The van der Waals surface area contributed by atoms with E-state index in [9.17, 15) is 4.79 Å². The molecule has 2 aromatic carbocycles. The maximum atomic E-state index is 12.4. The van der Waals surface area contributed by atoms with Crippen LogP contribution in [0.15, 0.2) is 47.3 Å². The van der Waals surface area contributed by atoms with E-state index in [-0.39, 0.29) is 5.56 Å². The summed E-state index contributed by atoms with van der Waals surface area (Å²) in [5.41, 5.74) is 4.69. The van der Waals surface area contributed by atoms with Crippen molar-refractivity contribution >= 4 is 45.5 Å². The lowest BCUT2D eigenvalue weighted by Crippen LogP contribution is -2.31. The van der Waals surface area contributed by atoms with Crippen molar-refractivity contribution in [1.29, 1.82) is 0 Å². The summed E-state index contributed by atoms with van der Waals surface area (Å²) in [6.45, 7) is 4.62. The number of rotatable bonds is 4. The molecule has 0 aliphatic carbocycles. The highest BCUT2D eigenvalue weighted by Gasteiger charge is 2.07. The van der Waals surface area contributed by atoms with E-state index in [1.54, 1.807) is 12.1 Å². The number of hydrogen-bond acceptors (Lipinski definition) is 2. The number of hydrogen-bond donors (Lipinski definition) is 3. The van der Waals surface area contributed by atoms with Crippen LogP contribution in [0.3, 0.4) is 0 Å². The van der Waals surface area contributed by atoms with Crippen LogP contribution in [0, 0.1) is 13.8 Å². The summed E-state index contributed by atoms with van der Waals surface area (Å²) in [5.74, 6) is 0. The summed E-state index contributed by atoms with van der Waals surface area (Å²) < 4.78 is 0. The van der Waals surface area contributed by atoms with E-state index in [0.717, 1.165) is 27.7 Å². The number of H-pyrrole nitrogens is 1. The first-order valence-electron chi connectivity index (χ1n) is 8.36. The summed E-state index contributed by atoms with van der Waals surface area (Å²) in [4.78, 5) is 15.4. The SMILES string of the molecule is Cc1ccc2cc(CCNC(=S)Nc3cccc(Cl)c3)c(=O)[nH]c2c1C. The van der Waals surface area contributed by atoms with Gasteiger partial charge in [0.1, 0.15) is 0 Å². The predicted octanol–water partition coefficient (Wildman–Crippen LogP) is 4.33. The standard InChI is InChI=1S/C20H20ClN3OS/c1-12-6-7-14-10-15(19(25)24-18(14)13(12)2)8-9-22-20(26)23-17-5-3-4-16(21)11-17/h3-7,10-11H,8-9H2,1-2H3,(H,24,25)(H2,22,23,26). The van der Waals surface area contributed by atoms with Crippen LogP contribution in [0.1, 0.15) is 16.7 Å². The minimum Gasteiger partial charge on any atom is -0.362 e. The van der Waals surface area contributed by atoms with Gasteiger partial charge in [0.2, 0.25) is 0 Å². The first-order valence-corrected chi connectivity index (χ1v) is 9.15. The molecule has 0 spiro atoms. The third-order valence-electron chi connectivity index (χ3n) is 4.39. The Kier molecular flexibility index (Phi) is 5.59. The second kappa shape index (κ2) is 7.89. The highest BCUT2D eigenvalue weighted by molar-refractivity contribution is 7.80. The van der Waals surface area contributed by atoms with Gasteiger partial charge in [-0.3, -0.25) is 4.79 Å². The van der Waals surface area contributed by atoms with Gasteiger partial charge in [-0.05, 0) is 73.3 Å². The van der Waals surface area contributed by atoms with E-state index in [0.29, 0.717) is 23.1 Å². The smallest absolute Gasteiger partial charge is 0.251 e. The summed E-state index contributed by atoms with van der Waals surface area (Å²) >= 11 is 11.2. The fourth-order valence-corrected chi connectivity index (χ4v) is 3.22. The zero-order valence-electron chi connectivity index (χ0n) is 14.7. The van der Waals surface area contributed by atoms with Crippen LogP contribution < -0.4 is 16.2 Å². The normalized spacial score (nSPS) is 10.7. The van der Waals surface area contributed by atoms with Gasteiger partial charge in [0, 0.05) is 22.8 Å². The molecule has 134 valence electrons. The number of pyridine rings is 1. The lowest BCUT2D eigenvalue weighted by molar-refractivity contribution is 0.863. The number of fused-ring (bicyclic) bond motifs is 1. The Bertz CT molecular complexity index is 1030. The van der Waals surface area contributed by atoms with E-state index >= 15 is 0 Å². The van der Waals surface area contributed by atoms with Crippen molar-refractivity contribution in [2.24, 2.45) is 0 Å². The minimum absolute atomic E-state index is 0.0540. The molecular weight excluding hydrogens is 366 g/mol. The van der Waals surface area contributed by atoms with Crippen molar-refractivity contribution in [1.82, 2.24) is 10.3 Å². The van der Waals surface area contributed by atoms with Gasteiger partial charge in [0.15, 0.2) is 5.11 Å². The lowest BCUT2D eigenvalue weighted by Gasteiger charge is -2.11. The highest BCUT2D eigenvalue weighted by atomic mass is 35.5. The second-order valence-electron chi connectivity index (χ2n) is 6.24. The Balaban J connectivity index is 1.64. The Labute approximate surface area is 162 Å². The summed E-state index contributed by atoms with van der Waals surface area (Å²) in [7, 11) is 0. The van der Waals surface area contributed by atoms with Gasteiger partial charge in [-0.25, -0.2) is 0 Å². The monoisotopic (exact) mass is 385 g/mol. The summed E-state index contributed by atoms with van der Waals surface area (Å²) in [6, 6.07) is 13.4. The molecule has 1 heterocycles. The number of nitrogens with one attached hydrogen (secondary N) is 3. The third-order valence-corrected chi connectivity index (χ3v) is 4.87. The van der Waals surface area contributed by atoms with Crippen LogP contribution in [0.4, 0.5) is 5.69 Å². The van der Waals surface area contributed by atoms with E-state index < -0.39 is 0 Å². The molecule has 0 atom stereocenters. The maximum Gasteiger partial charge on any atom is 0.251 e. The molecule has 0 amide bonds.